The minimum atomic E-state index is -0.969. The number of carboxylic acid groups (broad SMARTS) is 1. The zero-order valence-electron chi connectivity index (χ0n) is 14.0. The number of rotatable bonds is 7. The number of halogens is 1. The highest BCUT2D eigenvalue weighted by Gasteiger charge is 2.11. The van der Waals surface area contributed by atoms with Crippen LogP contribution >= 0.6 is 15.9 Å². The summed E-state index contributed by atoms with van der Waals surface area (Å²) < 4.78 is 12.5. The van der Waals surface area contributed by atoms with Crippen molar-refractivity contribution >= 4 is 21.9 Å². The third-order valence-corrected chi connectivity index (χ3v) is 4.46. The number of benzene rings is 2. The van der Waals surface area contributed by atoms with Crippen molar-refractivity contribution in [3.63, 3.8) is 0 Å². The van der Waals surface area contributed by atoms with Crippen LogP contribution in [-0.2, 0) is 0 Å². The highest BCUT2D eigenvalue weighted by molar-refractivity contribution is 9.10. The fraction of sp³-hybridized carbons (Fsp3) is 0.316. The van der Waals surface area contributed by atoms with Crippen LogP contribution in [0.5, 0.6) is 11.5 Å². The van der Waals surface area contributed by atoms with Crippen LogP contribution in [0, 0.1) is 6.92 Å². The number of carbonyl (C=O) groups is 1. The summed E-state index contributed by atoms with van der Waals surface area (Å²) in [6, 6.07) is 10.5. The molecule has 0 spiro atoms. The van der Waals surface area contributed by atoms with Crippen LogP contribution in [0.15, 0.2) is 40.9 Å². The Morgan fingerprint density at radius 3 is 2.54 bits per heavy atom. The predicted molar refractivity (Wildman–Crippen MR) is 97.4 cm³/mol. The lowest BCUT2D eigenvalue weighted by Crippen LogP contribution is -2.11. The molecule has 0 aliphatic heterocycles. The Bertz CT molecular complexity index is 725. The molecule has 24 heavy (non-hydrogen) atoms. The minimum Gasteiger partial charge on any atom is -0.490 e. The van der Waals surface area contributed by atoms with Gasteiger partial charge in [0.25, 0.3) is 0 Å². The number of aromatic carboxylic acids is 1. The summed E-state index contributed by atoms with van der Waals surface area (Å²) in [4.78, 5) is 10.9. The zero-order chi connectivity index (χ0) is 17.7. The molecule has 2 aromatic carbocycles. The Balaban J connectivity index is 1.96. The summed E-state index contributed by atoms with van der Waals surface area (Å²) in [5.41, 5.74) is 2.46. The Labute approximate surface area is 150 Å². The first-order chi connectivity index (χ1) is 11.4. The second-order valence-corrected chi connectivity index (χ2v) is 6.68. The molecule has 1 N–H and O–H groups in total. The van der Waals surface area contributed by atoms with E-state index in [2.05, 4.69) is 35.8 Å². The van der Waals surface area contributed by atoms with Crippen LogP contribution < -0.4 is 9.47 Å². The van der Waals surface area contributed by atoms with Crippen LogP contribution in [0.25, 0.3) is 0 Å². The third kappa shape index (κ3) is 4.74. The normalized spacial score (nSPS) is 10.7. The molecular formula is C19H21BrO4. The molecule has 0 atom stereocenters. The monoisotopic (exact) mass is 392 g/mol. The molecule has 128 valence electrons. The molecule has 0 amide bonds. The van der Waals surface area contributed by atoms with E-state index < -0.39 is 5.97 Å². The fourth-order valence-corrected chi connectivity index (χ4v) is 2.64. The number of carboxylic acids is 1. The van der Waals surface area contributed by atoms with Crippen molar-refractivity contribution in [3.05, 3.63) is 57.6 Å². The standard InChI is InChI=1S/C19H21BrO4/c1-12(2)16-11-17(20)13(3)9-18(16)24-8-7-23-15-6-4-5-14(10-15)19(21)22/h4-6,9-12H,7-8H2,1-3H3,(H,21,22). The molecular weight excluding hydrogens is 372 g/mol. The summed E-state index contributed by atoms with van der Waals surface area (Å²) in [6.45, 7) is 7.00. The average Bonchev–Trinajstić information content (AvgIpc) is 2.54. The minimum absolute atomic E-state index is 0.207. The largest absolute Gasteiger partial charge is 0.490 e. The van der Waals surface area contributed by atoms with Crippen molar-refractivity contribution in [1.29, 1.82) is 0 Å². The third-order valence-electron chi connectivity index (χ3n) is 3.60. The van der Waals surface area contributed by atoms with Gasteiger partial charge in [0.15, 0.2) is 0 Å². The quantitative estimate of drug-likeness (QED) is 0.670. The Kier molecular flexibility index (Phi) is 6.26. The van der Waals surface area contributed by atoms with Gasteiger partial charge in [0.2, 0.25) is 0 Å². The second-order valence-electron chi connectivity index (χ2n) is 5.82. The summed E-state index contributed by atoms with van der Waals surface area (Å²) in [7, 11) is 0. The Morgan fingerprint density at radius 1 is 1.17 bits per heavy atom. The summed E-state index contributed by atoms with van der Waals surface area (Å²) in [6.07, 6.45) is 0. The van der Waals surface area contributed by atoms with E-state index in [9.17, 15) is 4.79 Å². The van der Waals surface area contributed by atoms with Crippen LogP contribution in [0.3, 0.4) is 0 Å². The molecule has 0 aliphatic rings. The molecule has 2 rings (SSSR count). The lowest BCUT2D eigenvalue weighted by molar-refractivity contribution is 0.0696. The lowest BCUT2D eigenvalue weighted by Gasteiger charge is -2.16. The molecule has 0 aromatic heterocycles. The van der Waals surface area contributed by atoms with Gasteiger partial charge < -0.3 is 14.6 Å². The molecule has 0 unspecified atom stereocenters. The van der Waals surface area contributed by atoms with E-state index >= 15 is 0 Å². The van der Waals surface area contributed by atoms with Crippen LogP contribution in [0.1, 0.15) is 41.3 Å². The first-order valence-electron chi connectivity index (χ1n) is 7.77. The summed E-state index contributed by atoms with van der Waals surface area (Å²) in [5, 5.41) is 8.98. The first-order valence-corrected chi connectivity index (χ1v) is 8.56. The Hall–Kier alpha value is -2.01. The van der Waals surface area contributed by atoms with Crippen molar-refractivity contribution in [2.24, 2.45) is 0 Å². The van der Waals surface area contributed by atoms with E-state index in [1.807, 2.05) is 13.0 Å². The van der Waals surface area contributed by atoms with Gasteiger partial charge in [0.05, 0.1) is 5.56 Å². The summed E-state index contributed by atoms with van der Waals surface area (Å²) in [5.74, 6) is 0.761. The molecule has 4 nitrogen and oxygen atoms in total. The van der Waals surface area contributed by atoms with Crippen molar-refractivity contribution in [2.45, 2.75) is 26.7 Å². The molecule has 0 radical (unpaired) electrons. The lowest BCUT2D eigenvalue weighted by atomic mass is 10.0. The van der Waals surface area contributed by atoms with Crippen molar-refractivity contribution in [2.75, 3.05) is 13.2 Å². The number of ether oxygens (including phenoxy) is 2. The molecule has 0 saturated heterocycles. The van der Waals surface area contributed by atoms with Crippen LogP contribution in [0.4, 0.5) is 0 Å². The van der Waals surface area contributed by atoms with Gasteiger partial charge in [-0.15, -0.1) is 0 Å². The van der Waals surface area contributed by atoms with E-state index in [4.69, 9.17) is 14.6 Å². The molecule has 0 saturated carbocycles. The fourth-order valence-electron chi connectivity index (χ4n) is 2.28. The highest BCUT2D eigenvalue weighted by atomic mass is 79.9. The van der Waals surface area contributed by atoms with Gasteiger partial charge in [-0.1, -0.05) is 35.8 Å². The van der Waals surface area contributed by atoms with Crippen molar-refractivity contribution in [1.82, 2.24) is 0 Å². The van der Waals surface area contributed by atoms with Crippen molar-refractivity contribution in [3.8, 4) is 11.5 Å². The van der Waals surface area contributed by atoms with Gasteiger partial charge in [0.1, 0.15) is 24.7 Å². The topological polar surface area (TPSA) is 55.8 Å². The van der Waals surface area contributed by atoms with Gasteiger partial charge in [-0.25, -0.2) is 4.79 Å². The molecule has 2 aromatic rings. The smallest absolute Gasteiger partial charge is 0.335 e. The van der Waals surface area contributed by atoms with Gasteiger partial charge in [-0.05, 0) is 54.3 Å². The molecule has 0 bridgehead atoms. The maximum atomic E-state index is 10.9. The Morgan fingerprint density at radius 2 is 1.88 bits per heavy atom. The van der Waals surface area contributed by atoms with E-state index in [1.165, 1.54) is 12.1 Å². The van der Waals surface area contributed by atoms with Crippen LogP contribution in [-0.4, -0.2) is 24.3 Å². The molecule has 0 fully saturated rings. The predicted octanol–water partition coefficient (Wildman–Crippen LogP) is 5.04. The first kappa shape index (κ1) is 18.3. The number of hydrogen-bond donors (Lipinski definition) is 1. The summed E-state index contributed by atoms with van der Waals surface area (Å²) >= 11 is 3.55. The zero-order valence-corrected chi connectivity index (χ0v) is 15.6. The van der Waals surface area contributed by atoms with E-state index in [-0.39, 0.29) is 5.56 Å². The second kappa shape index (κ2) is 8.20. The van der Waals surface area contributed by atoms with Gasteiger partial charge in [0, 0.05) is 4.47 Å². The average molecular weight is 393 g/mol. The number of hydrogen-bond acceptors (Lipinski definition) is 3. The van der Waals surface area contributed by atoms with E-state index in [0.29, 0.717) is 24.9 Å². The molecule has 5 heteroatoms. The molecule has 0 heterocycles. The van der Waals surface area contributed by atoms with Gasteiger partial charge >= 0.3 is 5.97 Å². The van der Waals surface area contributed by atoms with Gasteiger partial charge in [-0.2, -0.15) is 0 Å². The maximum absolute atomic E-state index is 10.9. The molecule has 0 aliphatic carbocycles. The van der Waals surface area contributed by atoms with Gasteiger partial charge in [-0.3, -0.25) is 0 Å². The highest BCUT2D eigenvalue weighted by Crippen LogP contribution is 2.32. The SMILES string of the molecule is Cc1cc(OCCOc2cccc(C(=O)O)c2)c(C(C)C)cc1Br. The van der Waals surface area contributed by atoms with E-state index in [1.54, 1.807) is 12.1 Å². The van der Waals surface area contributed by atoms with Crippen LogP contribution in [0.2, 0.25) is 0 Å². The van der Waals surface area contributed by atoms with Crippen molar-refractivity contribution < 1.29 is 19.4 Å². The maximum Gasteiger partial charge on any atom is 0.335 e. The van der Waals surface area contributed by atoms with E-state index in [0.717, 1.165) is 21.3 Å². The number of aryl methyl sites for hydroxylation is 1.